The first kappa shape index (κ1) is 15.0. The summed E-state index contributed by atoms with van der Waals surface area (Å²) in [6.45, 7) is 0. The molecule has 2 fully saturated rings. The largest absolute Gasteiger partial charge is 0.346 e. The van der Waals surface area contributed by atoms with E-state index in [1.54, 1.807) is 0 Å². The van der Waals surface area contributed by atoms with Crippen LogP contribution in [0.1, 0.15) is 36.2 Å². The van der Waals surface area contributed by atoms with Crippen molar-refractivity contribution < 1.29 is 14.4 Å². The van der Waals surface area contributed by atoms with E-state index >= 15 is 0 Å². The molecule has 1 saturated heterocycles. The summed E-state index contributed by atoms with van der Waals surface area (Å²) in [5, 5.41) is 2.69. The van der Waals surface area contributed by atoms with E-state index in [0.29, 0.717) is 0 Å². The van der Waals surface area contributed by atoms with Crippen molar-refractivity contribution in [3.63, 3.8) is 0 Å². The van der Waals surface area contributed by atoms with Gasteiger partial charge in [-0.05, 0) is 12.8 Å². The van der Waals surface area contributed by atoms with E-state index in [4.69, 9.17) is 0 Å². The molecule has 0 spiro atoms. The van der Waals surface area contributed by atoms with Crippen molar-refractivity contribution >= 4 is 28.8 Å². The Morgan fingerprint density at radius 1 is 1.27 bits per heavy atom. The predicted octanol–water partition coefficient (Wildman–Crippen LogP) is 1.21. The van der Waals surface area contributed by atoms with Gasteiger partial charge in [0.1, 0.15) is 5.69 Å². The van der Waals surface area contributed by atoms with Gasteiger partial charge >= 0.3 is 0 Å². The van der Waals surface area contributed by atoms with E-state index in [2.05, 4.69) is 15.3 Å². The summed E-state index contributed by atoms with van der Waals surface area (Å²) < 4.78 is 0. The van der Waals surface area contributed by atoms with Crippen molar-refractivity contribution in [2.45, 2.75) is 37.8 Å². The lowest BCUT2D eigenvalue weighted by atomic mass is 9.89. The number of rotatable bonds is 3. The van der Waals surface area contributed by atoms with Crippen molar-refractivity contribution in [3.05, 3.63) is 24.3 Å². The topological polar surface area (TPSA) is 92.3 Å². The molecule has 2 atom stereocenters. The highest BCUT2D eigenvalue weighted by Crippen LogP contribution is 2.30. The molecule has 2 heterocycles. The molecule has 8 heteroatoms. The van der Waals surface area contributed by atoms with Gasteiger partial charge < -0.3 is 5.32 Å². The third-order valence-corrected chi connectivity index (χ3v) is 4.79. The van der Waals surface area contributed by atoms with Crippen LogP contribution >= 0.6 is 11.8 Å². The Morgan fingerprint density at radius 2 is 2.09 bits per heavy atom. The van der Waals surface area contributed by atoms with E-state index in [0.717, 1.165) is 37.4 Å². The molecule has 1 aliphatic carbocycles. The molecular weight excluding hydrogens is 304 g/mol. The molecule has 1 aromatic rings. The van der Waals surface area contributed by atoms with Crippen LogP contribution in [0.3, 0.4) is 0 Å². The fraction of sp³-hybridized carbons (Fsp3) is 0.500. The second kappa shape index (κ2) is 6.43. The van der Waals surface area contributed by atoms with Crippen molar-refractivity contribution in [1.29, 1.82) is 0 Å². The number of carbonyl (C=O) groups excluding carboxylic acids is 3. The summed E-state index contributed by atoms with van der Waals surface area (Å²) in [5.74, 6) is -0.294. The summed E-state index contributed by atoms with van der Waals surface area (Å²) in [5.41, 5.74) is 0.236. The van der Waals surface area contributed by atoms with Gasteiger partial charge in [0.2, 0.25) is 5.91 Å². The van der Waals surface area contributed by atoms with Crippen molar-refractivity contribution in [1.82, 2.24) is 20.2 Å². The third-order valence-electron chi connectivity index (χ3n) is 3.96. The van der Waals surface area contributed by atoms with Gasteiger partial charge in [0.15, 0.2) is 0 Å². The quantitative estimate of drug-likeness (QED) is 0.900. The minimum atomic E-state index is -0.322. The lowest BCUT2D eigenvalue weighted by molar-refractivity contribution is -0.127. The Balaban J connectivity index is 1.74. The summed E-state index contributed by atoms with van der Waals surface area (Å²) >= 11 is 1.03. The normalized spacial score (nSPS) is 25.4. The van der Waals surface area contributed by atoms with Crippen molar-refractivity contribution in [2.75, 3.05) is 5.75 Å². The molecule has 3 rings (SSSR count). The van der Waals surface area contributed by atoms with Crippen LogP contribution in [0.2, 0.25) is 0 Å². The monoisotopic (exact) mass is 320 g/mol. The molecule has 0 aromatic carbocycles. The van der Waals surface area contributed by atoms with Gasteiger partial charge in [-0.3, -0.25) is 24.3 Å². The summed E-state index contributed by atoms with van der Waals surface area (Å²) in [4.78, 5) is 45.3. The predicted molar refractivity (Wildman–Crippen MR) is 80.2 cm³/mol. The molecule has 0 bridgehead atoms. The minimum absolute atomic E-state index is 0.166. The number of nitrogens with one attached hydrogen (secondary N) is 1. The number of hydrogen-bond donors (Lipinski definition) is 1. The van der Waals surface area contributed by atoms with Crippen molar-refractivity contribution in [3.8, 4) is 0 Å². The lowest BCUT2D eigenvalue weighted by Crippen LogP contribution is -2.54. The number of hydrogen-bond acceptors (Lipinski definition) is 6. The van der Waals surface area contributed by atoms with Crippen LogP contribution in [0, 0.1) is 0 Å². The second-order valence-electron chi connectivity index (χ2n) is 5.34. The average molecular weight is 320 g/mol. The first-order valence-corrected chi connectivity index (χ1v) is 8.21. The van der Waals surface area contributed by atoms with Crippen molar-refractivity contribution in [2.24, 2.45) is 0 Å². The van der Waals surface area contributed by atoms with Gasteiger partial charge in [0.05, 0.1) is 24.0 Å². The summed E-state index contributed by atoms with van der Waals surface area (Å²) in [6.07, 6.45) is 7.74. The maximum Gasteiger partial charge on any atom is 0.289 e. The molecule has 1 aromatic heterocycles. The molecule has 2 aliphatic rings. The van der Waals surface area contributed by atoms with E-state index in [-0.39, 0.29) is 40.6 Å². The number of nitrogens with zero attached hydrogens (tertiary/aromatic N) is 3. The first-order valence-electron chi connectivity index (χ1n) is 7.22. The highest BCUT2D eigenvalue weighted by molar-refractivity contribution is 8.14. The maximum absolute atomic E-state index is 12.2. The number of aromatic nitrogens is 2. The Bertz CT molecular complexity index is 579. The lowest BCUT2D eigenvalue weighted by Gasteiger charge is -2.36. The molecule has 22 heavy (non-hydrogen) atoms. The fourth-order valence-electron chi connectivity index (χ4n) is 2.93. The SMILES string of the molecule is O=C(N[C@@H]1CCCC[C@@H]1N1C(=O)CSC1=O)c1cnccn1. The Hall–Kier alpha value is -1.96. The summed E-state index contributed by atoms with van der Waals surface area (Å²) in [7, 11) is 0. The van der Waals surface area contributed by atoms with Gasteiger partial charge in [0.25, 0.3) is 11.1 Å². The number of imide groups is 1. The maximum atomic E-state index is 12.2. The van der Waals surface area contributed by atoms with Gasteiger partial charge in [0, 0.05) is 12.4 Å². The summed E-state index contributed by atoms with van der Waals surface area (Å²) in [6, 6.07) is -0.487. The van der Waals surface area contributed by atoms with Crippen LogP contribution in [0.4, 0.5) is 4.79 Å². The molecule has 1 N–H and O–H groups in total. The molecule has 0 unspecified atom stereocenters. The Labute approximate surface area is 131 Å². The highest BCUT2D eigenvalue weighted by Gasteiger charge is 2.41. The van der Waals surface area contributed by atoms with Crippen LogP contribution < -0.4 is 5.32 Å². The zero-order chi connectivity index (χ0) is 15.5. The Kier molecular flexibility index (Phi) is 4.37. The van der Waals surface area contributed by atoms with E-state index in [1.165, 1.54) is 23.5 Å². The van der Waals surface area contributed by atoms with Crippen LogP contribution in [0.15, 0.2) is 18.6 Å². The standard InChI is InChI=1S/C14H16N4O3S/c19-12-8-22-14(21)18(12)11-4-2-1-3-9(11)17-13(20)10-7-15-5-6-16-10/h5-7,9,11H,1-4,8H2,(H,17,20)/t9-,11+/m1/s1. The average Bonchev–Trinajstić information content (AvgIpc) is 2.88. The van der Waals surface area contributed by atoms with Crippen LogP contribution in [-0.2, 0) is 4.79 Å². The second-order valence-corrected chi connectivity index (χ2v) is 6.27. The van der Waals surface area contributed by atoms with Crippen LogP contribution in [-0.4, -0.2) is 49.8 Å². The zero-order valence-corrected chi connectivity index (χ0v) is 12.7. The van der Waals surface area contributed by atoms with E-state index in [1.807, 2.05) is 0 Å². The zero-order valence-electron chi connectivity index (χ0n) is 11.9. The van der Waals surface area contributed by atoms with E-state index in [9.17, 15) is 14.4 Å². The van der Waals surface area contributed by atoms with Crippen LogP contribution in [0.25, 0.3) is 0 Å². The first-order chi connectivity index (χ1) is 10.7. The smallest absolute Gasteiger partial charge is 0.289 e. The molecule has 0 radical (unpaired) electrons. The van der Waals surface area contributed by atoms with Gasteiger partial charge in [-0.2, -0.15) is 0 Å². The minimum Gasteiger partial charge on any atom is -0.346 e. The third kappa shape index (κ3) is 2.96. The van der Waals surface area contributed by atoms with E-state index < -0.39 is 0 Å². The van der Waals surface area contributed by atoms with Gasteiger partial charge in [-0.25, -0.2) is 4.98 Å². The molecule has 7 nitrogen and oxygen atoms in total. The molecule has 1 aliphatic heterocycles. The molecule has 1 saturated carbocycles. The number of carbonyl (C=O) groups is 3. The number of thioether (sulfide) groups is 1. The van der Waals surface area contributed by atoms with Gasteiger partial charge in [-0.1, -0.05) is 24.6 Å². The Morgan fingerprint density at radius 3 is 2.77 bits per heavy atom. The number of amides is 3. The molecule has 116 valence electrons. The molecular formula is C14H16N4O3S. The van der Waals surface area contributed by atoms with Crippen LogP contribution in [0.5, 0.6) is 0 Å². The molecule has 3 amide bonds. The highest BCUT2D eigenvalue weighted by atomic mass is 32.2. The van der Waals surface area contributed by atoms with Gasteiger partial charge in [-0.15, -0.1) is 0 Å². The fourth-order valence-corrected chi connectivity index (χ4v) is 3.69.